The Balaban J connectivity index is 0.00000225. The molecule has 2 unspecified atom stereocenters. The fraction of sp³-hybridized carbons (Fsp3) is 1.00. The number of hydrogen-bond donors (Lipinski definition) is 2. The first-order valence-corrected chi connectivity index (χ1v) is 4.15. The van der Waals surface area contributed by atoms with Crippen molar-refractivity contribution in [3.8, 4) is 0 Å². The lowest BCUT2D eigenvalue weighted by Crippen LogP contribution is -2.59. The van der Waals surface area contributed by atoms with E-state index >= 15 is 0 Å². The molecule has 0 amide bonds. The van der Waals surface area contributed by atoms with Crippen LogP contribution in [0, 0.1) is 0 Å². The second-order valence-corrected chi connectivity index (χ2v) is 3.53. The topological polar surface area (TPSA) is 32.3 Å². The van der Waals surface area contributed by atoms with Crippen LogP contribution in [0.5, 0.6) is 0 Å². The molecule has 1 aliphatic rings. The quantitative estimate of drug-likeness (QED) is 0.662. The molecule has 0 aromatic carbocycles. The predicted molar refractivity (Wildman–Crippen MR) is 45.3 cm³/mol. The first-order valence-electron chi connectivity index (χ1n) is 4.15. The van der Waals surface area contributed by atoms with Gasteiger partial charge in [-0.1, -0.05) is 0 Å². The van der Waals surface area contributed by atoms with Crippen molar-refractivity contribution in [1.29, 1.82) is 0 Å². The Morgan fingerprint density at radius 2 is 1.62 bits per heavy atom. The maximum Gasteiger partial charge on any atom is 0.417 e. The van der Waals surface area contributed by atoms with Crippen LogP contribution in [0.3, 0.4) is 0 Å². The molecule has 2 N–H and O–H groups in total. The molecule has 0 aromatic heterocycles. The predicted octanol–water partition coefficient (Wildman–Crippen LogP) is 2.02. The van der Waals surface area contributed by atoms with E-state index in [9.17, 15) is 26.3 Å². The summed E-state index contributed by atoms with van der Waals surface area (Å²) in [6, 6.07) is -2.31. The molecule has 98 valence electrons. The average molecular weight is 274 g/mol. The number of halogens is 7. The van der Waals surface area contributed by atoms with E-state index in [1.54, 1.807) is 0 Å². The fourth-order valence-corrected chi connectivity index (χ4v) is 1.45. The highest BCUT2D eigenvalue weighted by atomic mass is 35.5. The third-order valence-corrected chi connectivity index (χ3v) is 2.39. The molecule has 0 aliphatic carbocycles. The number of alkyl halides is 6. The van der Waals surface area contributed by atoms with E-state index in [0.29, 0.717) is 0 Å². The smallest absolute Gasteiger partial charge is 0.380 e. The Bertz CT molecular complexity index is 242. The van der Waals surface area contributed by atoms with Gasteiger partial charge in [-0.15, -0.1) is 12.4 Å². The van der Waals surface area contributed by atoms with Crippen LogP contribution in [0.25, 0.3) is 0 Å². The highest BCUT2D eigenvalue weighted by molar-refractivity contribution is 5.85. The maximum atomic E-state index is 12.2. The second kappa shape index (κ2) is 4.58. The highest BCUT2D eigenvalue weighted by Crippen LogP contribution is 2.41. The van der Waals surface area contributed by atoms with Gasteiger partial charge in [-0.25, -0.2) is 0 Å². The van der Waals surface area contributed by atoms with Crippen molar-refractivity contribution in [3.05, 3.63) is 0 Å². The molecule has 9 heteroatoms. The summed E-state index contributed by atoms with van der Waals surface area (Å²) in [4.78, 5) is 0. The summed E-state index contributed by atoms with van der Waals surface area (Å²) in [5.41, 5.74) is -3.24. The Hall–Kier alpha value is -0.210. The van der Waals surface area contributed by atoms with E-state index in [4.69, 9.17) is 5.11 Å². The van der Waals surface area contributed by atoms with Crippen LogP contribution in [0.15, 0.2) is 0 Å². The van der Waals surface area contributed by atoms with E-state index < -0.39 is 43.4 Å². The van der Waals surface area contributed by atoms with E-state index in [0.717, 1.165) is 0 Å². The monoisotopic (exact) mass is 273 g/mol. The van der Waals surface area contributed by atoms with Gasteiger partial charge in [0, 0.05) is 6.42 Å². The first kappa shape index (κ1) is 15.8. The van der Waals surface area contributed by atoms with Gasteiger partial charge >= 0.3 is 12.4 Å². The summed E-state index contributed by atoms with van der Waals surface area (Å²) in [6.45, 7) is -0.514. The molecule has 0 bridgehead atoms. The molecule has 0 spiro atoms. The SMILES string of the molecule is Cl.OC1(C(F)(F)F)CCNC(C(F)(F)F)C1. The minimum atomic E-state index is -5.03. The molecule has 0 saturated carbocycles. The van der Waals surface area contributed by atoms with Gasteiger partial charge in [-0.3, -0.25) is 0 Å². The van der Waals surface area contributed by atoms with E-state index in [2.05, 4.69) is 0 Å². The van der Waals surface area contributed by atoms with Gasteiger partial charge in [0.05, 0.1) is 0 Å². The van der Waals surface area contributed by atoms with E-state index in [-0.39, 0.29) is 12.4 Å². The summed E-state index contributed by atoms with van der Waals surface area (Å²) in [5.74, 6) is 0. The van der Waals surface area contributed by atoms with Crippen molar-refractivity contribution < 1.29 is 31.4 Å². The zero-order valence-corrected chi connectivity index (χ0v) is 8.64. The third-order valence-electron chi connectivity index (χ3n) is 2.39. The Morgan fingerprint density at radius 3 is 2.00 bits per heavy atom. The zero-order valence-electron chi connectivity index (χ0n) is 7.82. The third kappa shape index (κ3) is 3.14. The summed E-state index contributed by atoms with van der Waals surface area (Å²) in [6.07, 6.45) is -12.0. The van der Waals surface area contributed by atoms with Gasteiger partial charge in [-0.05, 0) is 13.0 Å². The van der Waals surface area contributed by atoms with Gasteiger partial charge in [0.2, 0.25) is 0 Å². The summed E-state index contributed by atoms with van der Waals surface area (Å²) >= 11 is 0. The van der Waals surface area contributed by atoms with Crippen LogP contribution < -0.4 is 5.32 Å². The zero-order chi connectivity index (χ0) is 11.9. The maximum absolute atomic E-state index is 12.2. The van der Waals surface area contributed by atoms with E-state index in [1.165, 1.54) is 0 Å². The molecule has 2 nitrogen and oxygen atoms in total. The summed E-state index contributed by atoms with van der Waals surface area (Å²) < 4.78 is 73.1. The van der Waals surface area contributed by atoms with Gasteiger partial charge in [0.25, 0.3) is 0 Å². The van der Waals surface area contributed by atoms with Gasteiger partial charge < -0.3 is 10.4 Å². The molecule has 1 aliphatic heterocycles. The van der Waals surface area contributed by atoms with Crippen molar-refractivity contribution in [2.24, 2.45) is 0 Å². The number of hydrogen-bond acceptors (Lipinski definition) is 2. The average Bonchev–Trinajstić information content (AvgIpc) is 2.00. The van der Waals surface area contributed by atoms with Gasteiger partial charge in [-0.2, -0.15) is 26.3 Å². The lowest BCUT2D eigenvalue weighted by molar-refractivity contribution is -0.283. The molecule has 0 aromatic rings. The van der Waals surface area contributed by atoms with Crippen LogP contribution >= 0.6 is 12.4 Å². The van der Waals surface area contributed by atoms with Crippen molar-refractivity contribution in [3.63, 3.8) is 0 Å². The lowest BCUT2D eigenvalue weighted by atomic mass is 9.87. The van der Waals surface area contributed by atoms with Crippen LogP contribution in [0.2, 0.25) is 0 Å². The standard InChI is InChI=1S/C7H9F6NO.ClH/c8-6(9,10)4-3-5(15,1-2-14-4)7(11,12)13;/h4,14-15H,1-3H2;1H. The van der Waals surface area contributed by atoms with E-state index in [1.807, 2.05) is 5.32 Å². The summed E-state index contributed by atoms with van der Waals surface area (Å²) in [7, 11) is 0. The van der Waals surface area contributed by atoms with Gasteiger partial charge in [0.15, 0.2) is 5.60 Å². The minimum Gasteiger partial charge on any atom is -0.380 e. The van der Waals surface area contributed by atoms with Gasteiger partial charge in [0.1, 0.15) is 6.04 Å². The Labute approximate surface area is 93.4 Å². The summed E-state index contributed by atoms with van der Waals surface area (Å²) in [5, 5.41) is 11.0. The molecular weight excluding hydrogens is 264 g/mol. The van der Waals surface area contributed by atoms with Crippen molar-refractivity contribution in [2.75, 3.05) is 6.54 Å². The fourth-order valence-electron chi connectivity index (χ4n) is 1.45. The van der Waals surface area contributed by atoms with Crippen molar-refractivity contribution in [2.45, 2.75) is 36.8 Å². The second-order valence-electron chi connectivity index (χ2n) is 3.53. The molecule has 16 heavy (non-hydrogen) atoms. The molecule has 1 rings (SSSR count). The number of nitrogens with one attached hydrogen (secondary N) is 1. The Morgan fingerprint density at radius 1 is 1.12 bits per heavy atom. The normalized spacial score (nSPS) is 32.1. The molecule has 1 saturated heterocycles. The number of rotatable bonds is 0. The van der Waals surface area contributed by atoms with Crippen LogP contribution in [-0.2, 0) is 0 Å². The van der Waals surface area contributed by atoms with Crippen LogP contribution in [0.1, 0.15) is 12.8 Å². The van der Waals surface area contributed by atoms with Crippen molar-refractivity contribution >= 4 is 12.4 Å². The minimum absolute atomic E-state index is 0. The van der Waals surface area contributed by atoms with Crippen LogP contribution in [0.4, 0.5) is 26.3 Å². The number of aliphatic hydroxyl groups is 1. The first-order chi connectivity index (χ1) is 6.56. The number of piperidine rings is 1. The lowest BCUT2D eigenvalue weighted by Gasteiger charge is -2.39. The molecular formula is C7H10ClF6NO. The molecule has 2 atom stereocenters. The van der Waals surface area contributed by atoms with Crippen molar-refractivity contribution in [1.82, 2.24) is 5.32 Å². The molecule has 1 heterocycles. The largest absolute Gasteiger partial charge is 0.417 e. The van der Waals surface area contributed by atoms with Crippen LogP contribution in [-0.4, -0.2) is 35.6 Å². The molecule has 1 fully saturated rings. The highest BCUT2D eigenvalue weighted by Gasteiger charge is 2.59. The molecule has 0 radical (unpaired) electrons. The Kier molecular flexibility index (Phi) is 4.52.